The number of nitrogens with zero attached hydrogens (tertiary/aromatic N) is 2. The van der Waals surface area contributed by atoms with Gasteiger partial charge in [-0.25, -0.2) is 4.79 Å². The maximum Gasteiger partial charge on any atom is 0.492 e. The molecule has 7 heteroatoms. The number of likely N-dealkylation sites (N-methyl/N-ethyl adjacent to an activating group) is 1. The number of carbonyl (C=O) groups excluding carboxylic acids is 1. The van der Waals surface area contributed by atoms with Crippen LogP contribution in [0.5, 0.6) is 0 Å². The van der Waals surface area contributed by atoms with Crippen molar-refractivity contribution in [3.63, 3.8) is 0 Å². The number of piperazine rings is 1. The fourth-order valence-electron chi connectivity index (χ4n) is 1.05. The van der Waals surface area contributed by atoms with E-state index >= 15 is 0 Å². The van der Waals surface area contributed by atoms with Crippen LogP contribution in [-0.4, -0.2) is 55.3 Å². The highest BCUT2D eigenvalue weighted by Crippen LogP contribution is 2.17. The van der Waals surface area contributed by atoms with Gasteiger partial charge in [-0.1, -0.05) is 0 Å². The second-order valence-corrected chi connectivity index (χ2v) is 3.11. The van der Waals surface area contributed by atoms with Gasteiger partial charge in [-0.3, -0.25) is 0 Å². The maximum atomic E-state index is 11.8. The van der Waals surface area contributed by atoms with Crippen LogP contribution >= 0.6 is 0 Å². The Kier molecular flexibility index (Phi) is 3.33. The lowest BCUT2D eigenvalue weighted by Gasteiger charge is -2.30. The monoisotopic (exact) mass is 212 g/mol. The minimum atomic E-state index is -4.91. The summed E-state index contributed by atoms with van der Waals surface area (Å²) in [5, 5.41) is 1.04. The molecule has 0 aromatic rings. The highest BCUT2D eigenvalue weighted by molar-refractivity contribution is 5.75. The number of carbonyl (C=O) groups is 1. The van der Waals surface area contributed by atoms with Gasteiger partial charge in [0, 0.05) is 26.2 Å². The molecule has 0 amide bonds. The highest BCUT2D eigenvalue weighted by Gasteiger charge is 2.42. The lowest BCUT2D eigenvalue weighted by molar-refractivity contribution is -0.242. The third kappa shape index (κ3) is 3.15. The molecule has 0 unspecified atom stereocenters. The van der Waals surface area contributed by atoms with Crippen molar-refractivity contribution in [2.45, 2.75) is 6.18 Å². The fourth-order valence-corrected chi connectivity index (χ4v) is 1.05. The first-order valence-electron chi connectivity index (χ1n) is 4.12. The Labute approximate surface area is 79.2 Å². The van der Waals surface area contributed by atoms with Gasteiger partial charge in [0.25, 0.3) is 0 Å². The summed E-state index contributed by atoms with van der Waals surface area (Å²) in [6, 6.07) is 0. The Morgan fingerprint density at radius 3 is 2.14 bits per heavy atom. The molecule has 1 saturated heterocycles. The standard InChI is InChI=1S/C7H11F3N2O2/c1-11-2-4-12(5-3-11)14-6(13)7(8,9)10/h2-5H2,1H3. The average molecular weight is 212 g/mol. The first kappa shape index (κ1) is 11.3. The predicted octanol–water partition coefficient (Wildman–Crippen LogP) is 0.254. The molecule has 1 heterocycles. The molecule has 0 atom stereocenters. The first-order valence-corrected chi connectivity index (χ1v) is 4.12. The van der Waals surface area contributed by atoms with Crippen LogP contribution < -0.4 is 0 Å². The summed E-state index contributed by atoms with van der Waals surface area (Å²) in [5.74, 6) is -2.15. The van der Waals surface area contributed by atoms with E-state index < -0.39 is 12.1 Å². The first-order chi connectivity index (χ1) is 6.39. The van der Waals surface area contributed by atoms with Crippen molar-refractivity contribution in [1.29, 1.82) is 0 Å². The van der Waals surface area contributed by atoms with Crippen LogP contribution in [0.15, 0.2) is 0 Å². The van der Waals surface area contributed by atoms with Crippen molar-refractivity contribution in [2.24, 2.45) is 0 Å². The van der Waals surface area contributed by atoms with E-state index in [-0.39, 0.29) is 0 Å². The van der Waals surface area contributed by atoms with E-state index in [2.05, 4.69) is 4.84 Å². The molecule has 0 aromatic carbocycles. The van der Waals surface area contributed by atoms with E-state index in [9.17, 15) is 18.0 Å². The van der Waals surface area contributed by atoms with Gasteiger partial charge >= 0.3 is 12.1 Å². The zero-order valence-corrected chi connectivity index (χ0v) is 7.67. The second kappa shape index (κ2) is 4.14. The van der Waals surface area contributed by atoms with Gasteiger partial charge in [-0.2, -0.15) is 13.2 Å². The molecule has 0 bridgehead atoms. The SMILES string of the molecule is CN1CCN(OC(=O)C(F)(F)F)CC1. The molecule has 14 heavy (non-hydrogen) atoms. The summed E-state index contributed by atoms with van der Waals surface area (Å²) in [4.78, 5) is 16.5. The third-order valence-corrected chi connectivity index (χ3v) is 1.91. The van der Waals surface area contributed by atoms with Crippen LogP contribution in [-0.2, 0) is 9.63 Å². The Morgan fingerprint density at radius 1 is 1.21 bits per heavy atom. The molecule has 0 N–H and O–H groups in total. The molecule has 1 fully saturated rings. The summed E-state index contributed by atoms with van der Waals surface area (Å²) in [6.45, 7) is 1.78. The number of hydrogen-bond donors (Lipinski definition) is 0. The van der Waals surface area contributed by atoms with Gasteiger partial charge in [0.15, 0.2) is 0 Å². The van der Waals surface area contributed by atoms with Crippen molar-refractivity contribution in [2.75, 3.05) is 33.2 Å². The van der Waals surface area contributed by atoms with Gasteiger partial charge < -0.3 is 9.74 Å². The summed E-state index contributed by atoms with van der Waals surface area (Å²) < 4.78 is 35.3. The van der Waals surface area contributed by atoms with Crippen molar-refractivity contribution in [3.8, 4) is 0 Å². The Hall–Kier alpha value is -0.820. The lowest BCUT2D eigenvalue weighted by Crippen LogP contribution is -2.46. The Morgan fingerprint density at radius 2 is 1.71 bits per heavy atom. The van der Waals surface area contributed by atoms with E-state index in [0.29, 0.717) is 26.2 Å². The van der Waals surface area contributed by atoms with E-state index in [0.717, 1.165) is 5.06 Å². The molecule has 0 aliphatic carbocycles. The minimum Gasteiger partial charge on any atom is -0.361 e. The van der Waals surface area contributed by atoms with E-state index in [1.807, 2.05) is 11.9 Å². The number of hydroxylamine groups is 2. The van der Waals surface area contributed by atoms with Crippen LogP contribution in [0.1, 0.15) is 0 Å². The second-order valence-electron chi connectivity index (χ2n) is 3.11. The Balaban J connectivity index is 2.35. The predicted molar refractivity (Wildman–Crippen MR) is 41.2 cm³/mol. The molecule has 0 aromatic heterocycles. The van der Waals surface area contributed by atoms with Gasteiger partial charge in [0.2, 0.25) is 0 Å². The zero-order valence-electron chi connectivity index (χ0n) is 7.67. The Bertz CT molecular complexity index is 211. The number of rotatable bonds is 1. The highest BCUT2D eigenvalue weighted by atomic mass is 19.4. The van der Waals surface area contributed by atoms with Crippen molar-refractivity contribution in [3.05, 3.63) is 0 Å². The average Bonchev–Trinajstić information content (AvgIpc) is 2.07. The molecule has 4 nitrogen and oxygen atoms in total. The molecule has 82 valence electrons. The number of halogens is 3. The summed E-state index contributed by atoms with van der Waals surface area (Å²) >= 11 is 0. The topological polar surface area (TPSA) is 32.8 Å². The smallest absolute Gasteiger partial charge is 0.361 e. The van der Waals surface area contributed by atoms with Crippen LogP contribution in [0, 0.1) is 0 Å². The molecule has 0 saturated carbocycles. The molecule has 0 radical (unpaired) electrons. The number of hydrogen-bond acceptors (Lipinski definition) is 4. The molecular formula is C7H11F3N2O2. The van der Waals surface area contributed by atoms with Gasteiger partial charge in [-0.05, 0) is 7.05 Å². The van der Waals surface area contributed by atoms with Crippen LogP contribution in [0.2, 0.25) is 0 Å². The van der Waals surface area contributed by atoms with Gasteiger partial charge in [-0.15, -0.1) is 5.06 Å². The molecule has 1 aliphatic rings. The van der Waals surface area contributed by atoms with Gasteiger partial charge in [0.1, 0.15) is 0 Å². The molecular weight excluding hydrogens is 201 g/mol. The van der Waals surface area contributed by atoms with Crippen LogP contribution in [0.3, 0.4) is 0 Å². The fraction of sp³-hybridized carbons (Fsp3) is 0.857. The normalized spacial score (nSPS) is 20.9. The van der Waals surface area contributed by atoms with Crippen LogP contribution in [0.4, 0.5) is 13.2 Å². The minimum absolute atomic E-state index is 0.304. The van der Waals surface area contributed by atoms with Crippen molar-refractivity contribution < 1.29 is 22.8 Å². The maximum absolute atomic E-state index is 11.8. The largest absolute Gasteiger partial charge is 0.492 e. The van der Waals surface area contributed by atoms with Crippen LogP contribution in [0.25, 0.3) is 0 Å². The van der Waals surface area contributed by atoms with Crippen molar-refractivity contribution >= 4 is 5.97 Å². The summed E-state index contributed by atoms with van der Waals surface area (Å²) in [7, 11) is 1.85. The molecule has 1 aliphatic heterocycles. The van der Waals surface area contributed by atoms with E-state index in [4.69, 9.17) is 0 Å². The van der Waals surface area contributed by atoms with E-state index in [1.165, 1.54) is 0 Å². The summed E-state index contributed by atoms with van der Waals surface area (Å²) in [6.07, 6.45) is -4.91. The number of alkyl halides is 3. The van der Waals surface area contributed by atoms with Gasteiger partial charge in [0.05, 0.1) is 0 Å². The van der Waals surface area contributed by atoms with Crippen molar-refractivity contribution in [1.82, 2.24) is 9.96 Å². The van der Waals surface area contributed by atoms with E-state index in [1.54, 1.807) is 0 Å². The molecule has 0 spiro atoms. The lowest BCUT2D eigenvalue weighted by atomic mass is 10.4. The molecule has 1 rings (SSSR count). The third-order valence-electron chi connectivity index (χ3n) is 1.91. The quantitative estimate of drug-likeness (QED) is 0.624. The zero-order chi connectivity index (χ0) is 10.8. The summed E-state index contributed by atoms with van der Waals surface area (Å²) in [5.41, 5.74) is 0.